The van der Waals surface area contributed by atoms with Gasteiger partial charge in [0, 0.05) is 17.6 Å². The summed E-state index contributed by atoms with van der Waals surface area (Å²) in [6, 6.07) is 12.1. The van der Waals surface area contributed by atoms with E-state index in [2.05, 4.69) is 21.2 Å². The summed E-state index contributed by atoms with van der Waals surface area (Å²) in [6.45, 7) is 7.63. The molecule has 180 valence electrons. The lowest BCUT2D eigenvalue weighted by Gasteiger charge is -2.31. The number of rotatable bonds is 10. The lowest BCUT2D eigenvalue weighted by molar-refractivity contribution is -0.139. The molecule has 0 aliphatic heterocycles. The van der Waals surface area contributed by atoms with E-state index in [-0.39, 0.29) is 12.5 Å². The summed E-state index contributed by atoms with van der Waals surface area (Å²) in [4.78, 5) is 27.6. The van der Waals surface area contributed by atoms with Gasteiger partial charge in [0.05, 0.1) is 11.9 Å². The molecule has 9 heteroatoms. The Morgan fingerprint density at radius 3 is 2.15 bits per heavy atom. The van der Waals surface area contributed by atoms with E-state index in [1.165, 1.54) is 4.90 Å². The zero-order valence-electron chi connectivity index (χ0n) is 19.8. The average molecular weight is 539 g/mol. The Morgan fingerprint density at radius 2 is 1.64 bits per heavy atom. The second-order valence-corrected chi connectivity index (χ2v) is 11.1. The van der Waals surface area contributed by atoms with E-state index in [0.29, 0.717) is 12.2 Å². The Bertz CT molecular complexity index is 1070. The zero-order valence-corrected chi connectivity index (χ0v) is 22.2. The highest BCUT2D eigenvalue weighted by atomic mass is 79.9. The van der Waals surface area contributed by atoms with Crippen LogP contribution < -0.4 is 9.62 Å². The molecular weight excluding hydrogens is 506 g/mol. The van der Waals surface area contributed by atoms with E-state index in [0.717, 1.165) is 38.1 Å². The van der Waals surface area contributed by atoms with Crippen LogP contribution in [-0.2, 0) is 26.2 Å². The van der Waals surface area contributed by atoms with E-state index in [9.17, 15) is 18.0 Å². The van der Waals surface area contributed by atoms with Gasteiger partial charge in [-0.05, 0) is 68.1 Å². The van der Waals surface area contributed by atoms with Crippen LogP contribution in [0.1, 0.15) is 37.0 Å². The molecule has 1 unspecified atom stereocenters. The van der Waals surface area contributed by atoms with Crippen molar-refractivity contribution in [1.82, 2.24) is 10.2 Å². The van der Waals surface area contributed by atoms with Crippen molar-refractivity contribution in [3.63, 3.8) is 0 Å². The average Bonchev–Trinajstić information content (AvgIpc) is 2.73. The van der Waals surface area contributed by atoms with Crippen LogP contribution in [0.3, 0.4) is 0 Å². The molecule has 2 aromatic rings. The third kappa shape index (κ3) is 7.85. The predicted molar refractivity (Wildman–Crippen MR) is 136 cm³/mol. The van der Waals surface area contributed by atoms with Crippen molar-refractivity contribution >= 4 is 43.5 Å². The number of sulfonamides is 1. The molecular formula is C24H32BrN3O4S. The second kappa shape index (κ2) is 11.7. The number of benzene rings is 2. The first-order valence-electron chi connectivity index (χ1n) is 10.8. The van der Waals surface area contributed by atoms with Crippen LogP contribution in [0.25, 0.3) is 0 Å². The molecule has 0 spiro atoms. The van der Waals surface area contributed by atoms with Crippen molar-refractivity contribution < 1.29 is 18.0 Å². The topological polar surface area (TPSA) is 86.8 Å². The van der Waals surface area contributed by atoms with Gasteiger partial charge in [0.1, 0.15) is 12.6 Å². The molecule has 0 aliphatic carbocycles. The monoisotopic (exact) mass is 537 g/mol. The molecule has 2 rings (SSSR count). The molecule has 0 radical (unpaired) electrons. The van der Waals surface area contributed by atoms with E-state index in [4.69, 9.17) is 0 Å². The molecule has 2 aromatic carbocycles. The fourth-order valence-corrected chi connectivity index (χ4v) is 4.57. The molecule has 0 fully saturated rings. The number of anilines is 1. The van der Waals surface area contributed by atoms with Gasteiger partial charge in [-0.2, -0.15) is 0 Å². The first kappa shape index (κ1) is 26.9. The van der Waals surface area contributed by atoms with Crippen LogP contribution in [-0.4, -0.2) is 50.5 Å². The molecule has 2 amide bonds. The number of halogens is 1. The normalized spacial score (nSPS) is 12.2. The highest BCUT2D eigenvalue weighted by Gasteiger charge is 2.30. The van der Waals surface area contributed by atoms with Crippen molar-refractivity contribution in [1.29, 1.82) is 0 Å². The van der Waals surface area contributed by atoms with Crippen molar-refractivity contribution in [3.05, 3.63) is 63.6 Å². The van der Waals surface area contributed by atoms with Gasteiger partial charge >= 0.3 is 0 Å². The summed E-state index contributed by atoms with van der Waals surface area (Å²) in [7, 11) is -3.74. The van der Waals surface area contributed by atoms with Crippen LogP contribution in [0.2, 0.25) is 0 Å². The molecule has 0 aromatic heterocycles. The fourth-order valence-electron chi connectivity index (χ4n) is 3.47. The highest BCUT2D eigenvalue weighted by Crippen LogP contribution is 2.22. The maximum absolute atomic E-state index is 13.5. The minimum absolute atomic E-state index is 0.178. The summed E-state index contributed by atoms with van der Waals surface area (Å²) in [5.41, 5.74) is 3.05. The lowest BCUT2D eigenvalue weighted by Crippen LogP contribution is -2.51. The molecule has 0 heterocycles. The summed E-state index contributed by atoms with van der Waals surface area (Å²) in [5, 5.41) is 2.82. The molecule has 1 N–H and O–H groups in total. The zero-order chi connectivity index (χ0) is 24.8. The quantitative estimate of drug-likeness (QED) is 0.499. The van der Waals surface area contributed by atoms with Crippen molar-refractivity contribution in [2.75, 3.05) is 23.7 Å². The minimum Gasteiger partial charge on any atom is -0.354 e. The first-order valence-corrected chi connectivity index (χ1v) is 13.4. The Morgan fingerprint density at radius 1 is 1.06 bits per heavy atom. The standard InChI is InChI=1S/C24H32BrN3O4S/c1-6-11-26-24(30)19(4)27(15-20-7-9-21(25)10-8-20)23(29)16-28(33(5,31)32)22-13-17(2)12-18(3)14-22/h7-10,12-14,19H,6,11,15-16H2,1-5H3,(H,26,30). The number of aryl methyl sites for hydroxylation is 2. The Labute approximate surface area is 205 Å². The maximum atomic E-state index is 13.5. The number of amides is 2. The lowest BCUT2D eigenvalue weighted by atomic mass is 10.1. The van der Waals surface area contributed by atoms with Gasteiger partial charge in [0.2, 0.25) is 21.8 Å². The molecule has 0 bridgehead atoms. The van der Waals surface area contributed by atoms with Crippen LogP contribution in [0.5, 0.6) is 0 Å². The highest BCUT2D eigenvalue weighted by molar-refractivity contribution is 9.10. The molecule has 33 heavy (non-hydrogen) atoms. The van der Waals surface area contributed by atoms with Gasteiger partial charge in [-0.1, -0.05) is 41.1 Å². The number of hydrogen-bond acceptors (Lipinski definition) is 4. The smallest absolute Gasteiger partial charge is 0.244 e. The number of nitrogens with zero attached hydrogens (tertiary/aromatic N) is 2. The van der Waals surface area contributed by atoms with Gasteiger partial charge in [0.25, 0.3) is 0 Å². The van der Waals surface area contributed by atoms with E-state index < -0.39 is 28.5 Å². The maximum Gasteiger partial charge on any atom is 0.244 e. The van der Waals surface area contributed by atoms with Crippen LogP contribution >= 0.6 is 15.9 Å². The van der Waals surface area contributed by atoms with Gasteiger partial charge in [-0.15, -0.1) is 0 Å². The third-order valence-corrected chi connectivity index (χ3v) is 6.83. The number of nitrogens with one attached hydrogen (secondary N) is 1. The molecule has 0 saturated carbocycles. The Hall–Kier alpha value is -2.39. The van der Waals surface area contributed by atoms with E-state index in [1.807, 2.05) is 51.1 Å². The van der Waals surface area contributed by atoms with Gasteiger partial charge < -0.3 is 10.2 Å². The van der Waals surface area contributed by atoms with Crippen LogP contribution in [0.15, 0.2) is 46.9 Å². The third-order valence-electron chi connectivity index (χ3n) is 5.16. The SMILES string of the molecule is CCCNC(=O)C(C)N(Cc1ccc(Br)cc1)C(=O)CN(c1cc(C)cc(C)c1)S(C)(=O)=O. The van der Waals surface area contributed by atoms with Crippen molar-refractivity contribution in [2.45, 2.75) is 46.7 Å². The van der Waals surface area contributed by atoms with Crippen LogP contribution in [0, 0.1) is 13.8 Å². The first-order chi connectivity index (χ1) is 15.4. The summed E-state index contributed by atoms with van der Waals surface area (Å²) >= 11 is 3.40. The molecule has 1 atom stereocenters. The summed E-state index contributed by atoms with van der Waals surface area (Å²) < 4.78 is 27.2. The van der Waals surface area contributed by atoms with Crippen molar-refractivity contribution in [3.8, 4) is 0 Å². The van der Waals surface area contributed by atoms with Gasteiger partial charge in [-0.25, -0.2) is 8.42 Å². The summed E-state index contributed by atoms with van der Waals surface area (Å²) in [5.74, 6) is -0.735. The van der Waals surface area contributed by atoms with Gasteiger partial charge in [-0.3, -0.25) is 13.9 Å². The largest absolute Gasteiger partial charge is 0.354 e. The fraction of sp³-hybridized carbons (Fsp3) is 0.417. The predicted octanol–water partition coefficient (Wildman–Crippen LogP) is 3.78. The summed E-state index contributed by atoms with van der Waals surface area (Å²) in [6.07, 6.45) is 1.85. The second-order valence-electron chi connectivity index (χ2n) is 8.23. The molecule has 0 saturated heterocycles. The van der Waals surface area contributed by atoms with Gasteiger partial charge in [0.15, 0.2) is 0 Å². The minimum atomic E-state index is -3.74. The number of carbonyl (C=O) groups excluding carboxylic acids is 2. The van der Waals surface area contributed by atoms with E-state index >= 15 is 0 Å². The Balaban J connectivity index is 2.39. The number of carbonyl (C=O) groups is 2. The van der Waals surface area contributed by atoms with Crippen LogP contribution in [0.4, 0.5) is 5.69 Å². The van der Waals surface area contributed by atoms with Crippen molar-refractivity contribution in [2.24, 2.45) is 0 Å². The Kier molecular flexibility index (Phi) is 9.48. The molecule has 7 nitrogen and oxygen atoms in total. The molecule has 0 aliphatic rings. The van der Waals surface area contributed by atoms with E-state index in [1.54, 1.807) is 19.1 Å². The number of hydrogen-bond donors (Lipinski definition) is 1.